The Morgan fingerprint density at radius 1 is 1.07 bits per heavy atom. The van der Waals surface area contributed by atoms with Gasteiger partial charge < -0.3 is 13.6 Å². The van der Waals surface area contributed by atoms with E-state index in [9.17, 15) is 18.0 Å². The van der Waals surface area contributed by atoms with E-state index in [0.29, 0.717) is 11.3 Å². The summed E-state index contributed by atoms with van der Waals surface area (Å²) in [6.45, 7) is 0. The van der Waals surface area contributed by atoms with Gasteiger partial charge in [0.1, 0.15) is 0 Å². The largest absolute Gasteiger partial charge is 0.493 e. The Bertz CT molecular complexity index is 1200. The number of nitrogens with zero attached hydrogens (tertiary/aromatic N) is 2. The number of nitrogens with one attached hydrogen (secondary N) is 1. The summed E-state index contributed by atoms with van der Waals surface area (Å²) in [6, 6.07) is 10.7. The zero-order valence-electron chi connectivity index (χ0n) is 14.8. The van der Waals surface area contributed by atoms with Crippen LogP contribution in [-0.4, -0.2) is 23.2 Å². The number of aromatic nitrogens is 2. The maximum Gasteiger partial charge on any atom is 0.416 e. The first-order chi connectivity index (χ1) is 13.8. The second-order valence-corrected chi connectivity index (χ2v) is 5.93. The number of alkyl halides is 3. The van der Waals surface area contributed by atoms with Crippen molar-refractivity contribution in [2.45, 2.75) is 6.18 Å². The summed E-state index contributed by atoms with van der Waals surface area (Å²) in [5.41, 5.74) is -0.654. The van der Waals surface area contributed by atoms with E-state index in [2.05, 4.69) is 15.5 Å². The van der Waals surface area contributed by atoms with Crippen LogP contribution >= 0.6 is 0 Å². The highest BCUT2D eigenvalue weighted by Crippen LogP contribution is 2.33. The number of para-hydroxylation sites is 1. The number of rotatable bonds is 4. The van der Waals surface area contributed by atoms with Crippen molar-refractivity contribution >= 4 is 22.9 Å². The van der Waals surface area contributed by atoms with Crippen LogP contribution in [0, 0.1) is 0 Å². The van der Waals surface area contributed by atoms with Crippen LogP contribution in [0.1, 0.15) is 15.9 Å². The molecule has 0 bridgehead atoms. The molecule has 29 heavy (non-hydrogen) atoms. The van der Waals surface area contributed by atoms with Crippen LogP contribution in [0.3, 0.4) is 0 Å². The van der Waals surface area contributed by atoms with Gasteiger partial charge in [-0.2, -0.15) is 13.2 Å². The SMILES string of the molecule is COc1cccc2cc(-c3nnc(NC(=O)c4cccc(C(F)(F)F)c4)o3)oc12. The lowest BCUT2D eigenvalue weighted by molar-refractivity contribution is -0.137. The second kappa shape index (κ2) is 6.97. The van der Waals surface area contributed by atoms with Gasteiger partial charge >= 0.3 is 12.2 Å². The molecule has 0 saturated carbocycles. The smallest absolute Gasteiger partial charge is 0.416 e. The van der Waals surface area contributed by atoms with Crippen LogP contribution in [0.15, 0.2) is 57.4 Å². The Kier molecular flexibility index (Phi) is 4.45. The van der Waals surface area contributed by atoms with Crippen molar-refractivity contribution in [1.29, 1.82) is 0 Å². The molecule has 0 radical (unpaired) electrons. The molecule has 4 rings (SSSR count). The van der Waals surface area contributed by atoms with E-state index in [-0.39, 0.29) is 23.2 Å². The molecule has 0 unspecified atom stereocenters. The fourth-order valence-electron chi connectivity index (χ4n) is 2.68. The molecule has 0 atom stereocenters. The van der Waals surface area contributed by atoms with Crippen LogP contribution < -0.4 is 10.1 Å². The van der Waals surface area contributed by atoms with Crippen molar-refractivity contribution in [3.05, 3.63) is 59.7 Å². The molecule has 2 heterocycles. The third kappa shape index (κ3) is 3.64. The number of carbonyl (C=O) groups is 1. The summed E-state index contributed by atoms with van der Waals surface area (Å²) in [4.78, 5) is 12.2. The number of carbonyl (C=O) groups excluding carboxylic acids is 1. The standard InChI is InChI=1S/C19H12F3N3O4/c1-27-13-7-3-4-10-9-14(28-15(10)13)17-24-25-18(29-17)23-16(26)11-5-2-6-12(8-11)19(20,21)22/h2-9H,1H3,(H,23,25,26). The van der Waals surface area contributed by atoms with Crippen LogP contribution in [0.25, 0.3) is 22.6 Å². The molecule has 1 amide bonds. The minimum atomic E-state index is -4.56. The maximum absolute atomic E-state index is 12.8. The molecule has 2 aromatic heterocycles. The van der Waals surface area contributed by atoms with Crippen molar-refractivity contribution in [1.82, 2.24) is 10.2 Å². The molecule has 1 N–H and O–H groups in total. The Morgan fingerprint density at radius 2 is 1.86 bits per heavy atom. The van der Waals surface area contributed by atoms with Crippen LogP contribution in [0.5, 0.6) is 5.75 Å². The van der Waals surface area contributed by atoms with E-state index in [1.54, 1.807) is 24.3 Å². The van der Waals surface area contributed by atoms with Gasteiger partial charge in [-0.05, 0) is 30.3 Å². The topological polar surface area (TPSA) is 90.4 Å². The lowest BCUT2D eigenvalue weighted by atomic mass is 10.1. The number of halogens is 3. The number of hydrogen-bond acceptors (Lipinski definition) is 6. The van der Waals surface area contributed by atoms with E-state index in [4.69, 9.17) is 13.6 Å². The molecule has 4 aromatic rings. The van der Waals surface area contributed by atoms with Gasteiger partial charge in [0.2, 0.25) is 0 Å². The van der Waals surface area contributed by atoms with E-state index < -0.39 is 17.6 Å². The van der Waals surface area contributed by atoms with Gasteiger partial charge in [0.15, 0.2) is 17.1 Å². The Labute approximate surface area is 161 Å². The average Bonchev–Trinajstić information content (AvgIpc) is 3.33. The van der Waals surface area contributed by atoms with E-state index in [0.717, 1.165) is 23.6 Å². The molecule has 0 aliphatic heterocycles. The van der Waals surface area contributed by atoms with Gasteiger partial charge in [0, 0.05) is 10.9 Å². The maximum atomic E-state index is 12.8. The number of fused-ring (bicyclic) bond motifs is 1. The second-order valence-electron chi connectivity index (χ2n) is 5.93. The van der Waals surface area contributed by atoms with Gasteiger partial charge in [-0.25, -0.2) is 0 Å². The van der Waals surface area contributed by atoms with Gasteiger partial charge in [-0.15, -0.1) is 5.10 Å². The van der Waals surface area contributed by atoms with Gasteiger partial charge in [0.25, 0.3) is 11.8 Å². The van der Waals surface area contributed by atoms with Crippen LogP contribution in [0.4, 0.5) is 19.2 Å². The molecular weight excluding hydrogens is 391 g/mol. The lowest BCUT2D eigenvalue weighted by Crippen LogP contribution is -2.14. The Hall–Kier alpha value is -3.82. The van der Waals surface area contributed by atoms with Crippen LogP contribution in [0.2, 0.25) is 0 Å². The Morgan fingerprint density at radius 3 is 2.62 bits per heavy atom. The molecule has 0 spiro atoms. The summed E-state index contributed by atoms with van der Waals surface area (Å²) in [6.07, 6.45) is -4.56. The summed E-state index contributed by atoms with van der Waals surface area (Å²) in [5, 5.41) is 10.5. The first-order valence-electron chi connectivity index (χ1n) is 8.24. The van der Waals surface area contributed by atoms with Crippen molar-refractivity contribution in [3.63, 3.8) is 0 Å². The normalized spacial score (nSPS) is 11.6. The molecule has 0 fully saturated rings. The number of benzene rings is 2. The molecule has 7 nitrogen and oxygen atoms in total. The highest BCUT2D eigenvalue weighted by Gasteiger charge is 2.31. The number of anilines is 1. The predicted molar refractivity (Wildman–Crippen MR) is 95.5 cm³/mol. The minimum absolute atomic E-state index is 0.0115. The molecule has 0 aliphatic rings. The number of amides is 1. The van der Waals surface area contributed by atoms with Crippen molar-refractivity contribution in [2.24, 2.45) is 0 Å². The quantitative estimate of drug-likeness (QED) is 0.528. The first-order valence-corrected chi connectivity index (χ1v) is 8.24. The molecular formula is C19H12F3N3O4. The molecule has 148 valence electrons. The Balaban J connectivity index is 1.56. The minimum Gasteiger partial charge on any atom is -0.493 e. The summed E-state index contributed by atoms with van der Waals surface area (Å²) >= 11 is 0. The zero-order valence-corrected chi connectivity index (χ0v) is 14.8. The molecule has 2 aromatic carbocycles. The van der Waals surface area contributed by atoms with Crippen molar-refractivity contribution in [2.75, 3.05) is 12.4 Å². The predicted octanol–water partition coefficient (Wildman–Crippen LogP) is 4.76. The third-order valence-electron chi connectivity index (χ3n) is 4.04. The number of ether oxygens (including phenoxy) is 1. The number of furan rings is 1. The highest BCUT2D eigenvalue weighted by molar-refractivity contribution is 6.03. The monoisotopic (exact) mass is 403 g/mol. The fourth-order valence-corrected chi connectivity index (χ4v) is 2.68. The fraction of sp³-hybridized carbons (Fsp3) is 0.105. The zero-order chi connectivity index (χ0) is 20.6. The molecule has 10 heteroatoms. The summed E-state index contributed by atoms with van der Waals surface area (Å²) in [7, 11) is 1.51. The van der Waals surface area contributed by atoms with Crippen molar-refractivity contribution in [3.8, 4) is 17.4 Å². The van der Waals surface area contributed by atoms with Gasteiger partial charge in [-0.1, -0.05) is 23.3 Å². The first kappa shape index (κ1) is 18.5. The van der Waals surface area contributed by atoms with Crippen LogP contribution in [-0.2, 0) is 6.18 Å². The highest BCUT2D eigenvalue weighted by atomic mass is 19.4. The summed E-state index contributed by atoms with van der Waals surface area (Å²) < 4.78 is 54.6. The van der Waals surface area contributed by atoms with Gasteiger partial charge in [-0.3, -0.25) is 10.1 Å². The molecule has 0 aliphatic carbocycles. The van der Waals surface area contributed by atoms with E-state index >= 15 is 0 Å². The van der Waals surface area contributed by atoms with Crippen molar-refractivity contribution < 1.29 is 31.5 Å². The number of methoxy groups -OCH3 is 1. The third-order valence-corrected chi connectivity index (χ3v) is 4.04. The summed E-state index contributed by atoms with van der Waals surface area (Å²) in [5.74, 6) is -0.0666. The van der Waals surface area contributed by atoms with E-state index in [1.165, 1.54) is 13.2 Å². The lowest BCUT2D eigenvalue weighted by Gasteiger charge is -2.07. The van der Waals surface area contributed by atoms with E-state index in [1.807, 2.05) is 0 Å². The average molecular weight is 403 g/mol. The van der Waals surface area contributed by atoms with Gasteiger partial charge in [0.05, 0.1) is 12.7 Å². The number of hydrogen-bond donors (Lipinski definition) is 1. The molecule has 0 saturated heterocycles.